The lowest BCUT2D eigenvalue weighted by molar-refractivity contribution is 0.111. The topological polar surface area (TPSA) is 34.1 Å². The van der Waals surface area contributed by atoms with Crippen molar-refractivity contribution >= 4 is 59.0 Å². The van der Waals surface area contributed by atoms with Gasteiger partial charge in [0, 0.05) is 32.3 Å². The highest BCUT2D eigenvalue weighted by Crippen LogP contribution is 2.40. The van der Waals surface area contributed by atoms with E-state index in [0.717, 1.165) is 0 Å². The summed E-state index contributed by atoms with van der Waals surface area (Å²) in [5.74, 6) is 0. The highest BCUT2D eigenvalue weighted by atomic mass is 35.5. The number of hydrogen-bond acceptors (Lipinski definition) is 2. The first kappa shape index (κ1) is 15.3. The molecular weight excluding hydrogens is 342 g/mol. The number of benzene rings is 2. The molecule has 2 rings (SSSR count). The van der Waals surface area contributed by atoms with Gasteiger partial charge in [-0.25, -0.2) is 0 Å². The number of rotatable bonds is 3. The third-order valence-electron chi connectivity index (χ3n) is 2.67. The lowest BCUT2D eigenvalue weighted by Gasteiger charge is -2.13. The van der Waals surface area contributed by atoms with Crippen LogP contribution in [0.3, 0.4) is 0 Å². The molecule has 0 aromatic heterocycles. The predicted molar refractivity (Wildman–Crippen MR) is 82.7 cm³/mol. The van der Waals surface area contributed by atoms with Crippen LogP contribution in [0.2, 0.25) is 20.1 Å². The first-order valence-corrected chi connectivity index (χ1v) is 6.88. The molecule has 0 aliphatic carbocycles. The lowest BCUT2D eigenvalue weighted by Crippen LogP contribution is -1.95. The van der Waals surface area contributed by atoms with Crippen molar-refractivity contribution in [3.8, 4) is 11.1 Å². The van der Waals surface area contributed by atoms with Crippen molar-refractivity contribution in [3.05, 3.63) is 55.5 Å². The molecule has 0 radical (unpaired) electrons. The first-order valence-electron chi connectivity index (χ1n) is 5.36. The zero-order valence-electron chi connectivity index (χ0n) is 9.79. The van der Waals surface area contributed by atoms with E-state index in [9.17, 15) is 9.59 Å². The van der Waals surface area contributed by atoms with Crippen LogP contribution < -0.4 is 0 Å². The summed E-state index contributed by atoms with van der Waals surface area (Å²) < 4.78 is 0. The average Bonchev–Trinajstić information content (AvgIpc) is 2.38. The summed E-state index contributed by atoms with van der Waals surface area (Å²) in [5.41, 5.74) is 1.20. The van der Waals surface area contributed by atoms with Crippen LogP contribution in [0.15, 0.2) is 24.3 Å². The summed E-state index contributed by atoms with van der Waals surface area (Å²) in [7, 11) is 0. The summed E-state index contributed by atoms with van der Waals surface area (Å²) in [6.45, 7) is 0. The Hall–Kier alpha value is -1.06. The Balaban J connectivity index is 2.88. The summed E-state index contributed by atoms with van der Waals surface area (Å²) in [6.07, 6.45) is 1.21. The SMILES string of the molecule is O=Cc1cc(Cl)cc(Cl)c1-c1c(Cl)cc(Cl)cc1C=O. The molecule has 2 aromatic rings. The first-order chi connectivity index (χ1) is 9.47. The van der Waals surface area contributed by atoms with E-state index in [2.05, 4.69) is 0 Å². The minimum Gasteiger partial charge on any atom is -0.298 e. The second-order valence-electron chi connectivity index (χ2n) is 3.94. The molecule has 0 aliphatic heterocycles. The third-order valence-corrected chi connectivity index (χ3v) is 3.71. The fraction of sp³-hybridized carbons (Fsp3) is 0. The van der Waals surface area contributed by atoms with E-state index >= 15 is 0 Å². The van der Waals surface area contributed by atoms with Gasteiger partial charge < -0.3 is 0 Å². The lowest BCUT2D eigenvalue weighted by atomic mass is 9.96. The molecule has 0 bridgehead atoms. The monoisotopic (exact) mass is 346 g/mol. The van der Waals surface area contributed by atoms with Gasteiger partial charge in [0.2, 0.25) is 0 Å². The normalized spacial score (nSPS) is 10.4. The van der Waals surface area contributed by atoms with E-state index in [-0.39, 0.29) is 21.2 Å². The van der Waals surface area contributed by atoms with E-state index in [1.165, 1.54) is 24.3 Å². The Morgan fingerprint density at radius 1 is 0.650 bits per heavy atom. The van der Waals surface area contributed by atoms with Gasteiger partial charge in [0.1, 0.15) is 0 Å². The highest BCUT2D eigenvalue weighted by Gasteiger charge is 2.18. The van der Waals surface area contributed by atoms with Crippen LogP contribution in [0, 0.1) is 0 Å². The van der Waals surface area contributed by atoms with Crippen molar-refractivity contribution in [1.29, 1.82) is 0 Å². The van der Waals surface area contributed by atoms with Crippen molar-refractivity contribution in [1.82, 2.24) is 0 Å². The van der Waals surface area contributed by atoms with Crippen molar-refractivity contribution in [2.45, 2.75) is 0 Å². The fourth-order valence-electron chi connectivity index (χ4n) is 1.90. The molecule has 0 saturated heterocycles. The van der Waals surface area contributed by atoms with Crippen LogP contribution in [0.25, 0.3) is 11.1 Å². The number of carbonyl (C=O) groups excluding carboxylic acids is 2. The van der Waals surface area contributed by atoms with E-state index in [0.29, 0.717) is 33.7 Å². The maximum atomic E-state index is 11.2. The van der Waals surface area contributed by atoms with Crippen LogP contribution in [-0.2, 0) is 0 Å². The standard InChI is InChI=1S/C14H6Cl4O2/c15-9-1-7(5-19)13(11(17)3-9)14-8(6-20)2-10(16)4-12(14)18/h1-6H. The van der Waals surface area contributed by atoms with Gasteiger partial charge in [-0.1, -0.05) is 46.4 Å². The Kier molecular flexibility index (Phi) is 4.71. The Morgan fingerprint density at radius 2 is 1.00 bits per heavy atom. The van der Waals surface area contributed by atoms with Crippen LogP contribution in [-0.4, -0.2) is 12.6 Å². The van der Waals surface area contributed by atoms with Crippen molar-refractivity contribution in [3.63, 3.8) is 0 Å². The molecule has 2 nitrogen and oxygen atoms in total. The van der Waals surface area contributed by atoms with Crippen molar-refractivity contribution < 1.29 is 9.59 Å². The zero-order valence-corrected chi connectivity index (χ0v) is 12.8. The van der Waals surface area contributed by atoms with Gasteiger partial charge in [0.15, 0.2) is 12.6 Å². The van der Waals surface area contributed by atoms with E-state index in [1.807, 2.05) is 0 Å². The second kappa shape index (κ2) is 6.15. The molecule has 0 amide bonds. The van der Waals surface area contributed by atoms with E-state index < -0.39 is 0 Å². The van der Waals surface area contributed by atoms with Crippen molar-refractivity contribution in [2.75, 3.05) is 0 Å². The average molecular weight is 348 g/mol. The number of hydrogen-bond donors (Lipinski definition) is 0. The molecule has 0 unspecified atom stereocenters. The Morgan fingerprint density at radius 3 is 1.30 bits per heavy atom. The molecule has 0 N–H and O–H groups in total. The van der Waals surface area contributed by atoms with Gasteiger partial charge >= 0.3 is 0 Å². The second-order valence-corrected chi connectivity index (χ2v) is 5.63. The molecule has 0 fully saturated rings. The van der Waals surface area contributed by atoms with Crippen LogP contribution in [0.4, 0.5) is 0 Å². The molecule has 2 aromatic carbocycles. The Labute approximate surface area is 135 Å². The third kappa shape index (κ3) is 2.84. The van der Waals surface area contributed by atoms with Gasteiger partial charge in [-0.2, -0.15) is 0 Å². The summed E-state index contributed by atoms with van der Waals surface area (Å²) in [4.78, 5) is 22.4. The Bertz CT molecular complexity index is 649. The molecule has 20 heavy (non-hydrogen) atoms. The van der Waals surface area contributed by atoms with Gasteiger partial charge in [0.05, 0.1) is 10.0 Å². The quantitative estimate of drug-likeness (QED) is 0.678. The van der Waals surface area contributed by atoms with Crippen molar-refractivity contribution in [2.24, 2.45) is 0 Å². The summed E-state index contributed by atoms with van der Waals surface area (Å²) >= 11 is 24.0. The number of halogens is 4. The largest absolute Gasteiger partial charge is 0.298 e. The smallest absolute Gasteiger partial charge is 0.150 e. The number of aldehydes is 2. The zero-order chi connectivity index (χ0) is 14.9. The van der Waals surface area contributed by atoms with Gasteiger partial charge in [-0.05, 0) is 24.3 Å². The van der Waals surface area contributed by atoms with Gasteiger partial charge in [-0.15, -0.1) is 0 Å². The molecular formula is C14H6Cl4O2. The number of carbonyl (C=O) groups is 2. The van der Waals surface area contributed by atoms with Crippen LogP contribution in [0.5, 0.6) is 0 Å². The molecule has 0 aliphatic rings. The summed E-state index contributed by atoms with van der Waals surface area (Å²) in [6, 6.07) is 5.86. The summed E-state index contributed by atoms with van der Waals surface area (Å²) in [5, 5.41) is 1.09. The maximum Gasteiger partial charge on any atom is 0.150 e. The van der Waals surface area contributed by atoms with Crippen LogP contribution >= 0.6 is 46.4 Å². The van der Waals surface area contributed by atoms with Gasteiger partial charge in [-0.3, -0.25) is 9.59 Å². The molecule has 6 heteroatoms. The minimum atomic E-state index is 0.229. The molecule has 102 valence electrons. The minimum absolute atomic E-state index is 0.229. The van der Waals surface area contributed by atoms with Gasteiger partial charge in [0.25, 0.3) is 0 Å². The van der Waals surface area contributed by atoms with Crippen LogP contribution in [0.1, 0.15) is 20.7 Å². The predicted octanol–water partition coefficient (Wildman–Crippen LogP) is 5.59. The molecule has 0 saturated carbocycles. The van der Waals surface area contributed by atoms with E-state index in [4.69, 9.17) is 46.4 Å². The molecule has 0 heterocycles. The molecule has 0 spiro atoms. The highest BCUT2D eigenvalue weighted by molar-refractivity contribution is 6.40. The van der Waals surface area contributed by atoms with E-state index in [1.54, 1.807) is 0 Å². The fourth-order valence-corrected chi connectivity index (χ4v) is 3.11. The molecule has 0 atom stereocenters. The maximum absolute atomic E-state index is 11.2.